The molecule has 0 aliphatic carbocycles. The van der Waals surface area contributed by atoms with Gasteiger partial charge in [0.15, 0.2) is 11.5 Å². The Labute approximate surface area is 110 Å². The third-order valence-electron chi connectivity index (χ3n) is 2.97. The van der Waals surface area contributed by atoms with Crippen molar-refractivity contribution in [3.05, 3.63) is 21.7 Å². The molecular weight excluding hydrogens is 282 g/mol. The molecule has 0 saturated heterocycles. The molecule has 0 bridgehead atoms. The summed E-state index contributed by atoms with van der Waals surface area (Å²) in [6.07, 6.45) is 3.18. The standard InChI is InChI=1S/C13H18BrNO2/c1-9-12(14)10(4-2-3-5-15)8-11-13(9)17-7-6-16-11/h8H,2-7,15H2,1H3. The number of rotatable bonds is 4. The number of nitrogens with two attached hydrogens (primary N) is 1. The highest BCUT2D eigenvalue weighted by Gasteiger charge is 2.18. The molecule has 0 saturated carbocycles. The minimum absolute atomic E-state index is 0.632. The van der Waals surface area contributed by atoms with Gasteiger partial charge >= 0.3 is 0 Å². The maximum atomic E-state index is 5.64. The fourth-order valence-corrected chi connectivity index (χ4v) is 2.53. The van der Waals surface area contributed by atoms with E-state index in [0.717, 1.165) is 47.3 Å². The maximum Gasteiger partial charge on any atom is 0.165 e. The zero-order valence-corrected chi connectivity index (χ0v) is 11.7. The Kier molecular flexibility index (Phi) is 4.29. The Morgan fingerprint density at radius 1 is 1.29 bits per heavy atom. The molecule has 0 radical (unpaired) electrons. The number of halogens is 1. The van der Waals surface area contributed by atoms with E-state index in [1.54, 1.807) is 0 Å². The van der Waals surface area contributed by atoms with Crippen molar-refractivity contribution in [2.45, 2.75) is 26.2 Å². The molecule has 0 amide bonds. The van der Waals surface area contributed by atoms with E-state index in [0.29, 0.717) is 13.2 Å². The van der Waals surface area contributed by atoms with Gasteiger partial charge in [0.05, 0.1) is 0 Å². The minimum atomic E-state index is 0.632. The van der Waals surface area contributed by atoms with Crippen molar-refractivity contribution >= 4 is 15.9 Å². The lowest BCUT2D eigenvalue weighted by atomic mass is 10.0. The van der Waals surface area contributed by atoms with Gasteiger partial charge in [-0.2, -0.15) is 0 Å². The van der Waals surface area contributed by atoms with Gasteiger partial charge in [0.25, 0.3) is 0 Å². The Balaban J connectivity index is 2.24. The number of hydrogen-bond acceptors (Lipinski definition) is 3. The van der Waals surface area contributed by atoms with Crippen LogP contribution in [0.3, 0.4) is 0 Å². The first-order valence-electron chi connectivity index (χ1n) is 6.01. The second kappa shape index (κ2) is 5.74. The molecule has 1 aliphatic heterocycles. The van der Waals surface area contributed by atoms with Crippen LogP contribution >= 0.6 is 15.9 Å². The molecule has 17 heavy (non-hydrogen) atoms. The molecule has 1 aliphatic rings. The first kappa shape index (κ1) is 12.7. The Morgan fingerprint density at radius 3 is 2.82 bits per heavy atom. The first-order chi connectivity index (χ1) is 8.24. The molecule has 0 fully saturated rings. The molecule has 0 aromatic heterocycles. The molecule has 2 N–H and O–H groups in total. The van der Waals surface area contributed by atoms with Crippen LogP contribution in [-0.2, 0) is 6.42 Å². The van der Waals surface area contributed by atoms with E-state index in [2.05, 4.69) is 28.9 Å². The molecule has 0 atom stereocenters. The third kappa shape index (κ3) is 2.75. The van der Waals surface area contributed by atoms with E-state index in [4.69, 9.17) is 15.2 Å². The van der Waals surface area contributed by atoms with Crippen molar-refractivity contribution in [1.82, 2.24) is 0 Å². The van der Waals surface area contributed by atoms with Gasteiger partial charge in [-0.3, -0.25) is 0 Å². The molecule has 0 spiro atoms. The Bertz CT molecular complexity index is 407. The topological polar surface area (TPSA) is 44.5 Å². The van der Waals surface area contributed by atoms with Crippen LogP contribution in [0.15, 0.2) is 10.5 Å². The highest BCUT2D eigenvalue weighted by Crippen LogP contribution is 2.40. The molecule has 4 heteroatoms. The van der Waals surface area contributed by atoms with Crippen LogP contribution in [0.4, 0.5) is 0 Å². The molecule has 1 aromatic carbocycles. The normalized spacial score (nSPS) is 13.8. The third-order valence-corrected chi connectivity index (χ3v) is 4.07. The second-order valence-corrected chi connectivity index (χ2v) is 5.04. The van der Waals surface area contributed by atoms with Crippen molar-refractivity contribution in [2.75, 3.05) is 19.8 Å². The Morgan fingerprint density at radius 2 is 2.06 bits per heavy atom. The van der Waals surface area contributed by atoms with E-state index >= 15 is 0 Å². The zero-order valence-electron chi connectivity index (χ0n) is 10.1. The largest absolute Gasteiger partial charge is 0.486 e. The molecule has 1 aromatic rings. The zero-order chi connectivity index (χ0) is 12.3. The van der Waals surface area contributed by atoms with Gasteiger partial charge in [-0.1, -0.05) is 15.9 Å². The summed E-state index contributed by atoms with van der Waals surface area (Å²) in [4.78, 5) is 0. The van der Waals surface area contributed by atoms with Gasteiger partial charge in [-0.15, -0.1) is 0 Å². The Hall–Kier alpha value is -0.740. The van der Waals surface area contributed by atoms with Crippen molar-refractivity contribution in [3.8, 4) is 11.5 Å². The van der Waals surface area contributed by atoms with E-state index < -0.39 is 0 Å². The van der Waals surface area contributed by atoms with Crippen molar-refractivity contribution in [2.24, 2.45) is 5.73 Å². The summed E-state index contributed by atoms with van der Waals surface area (Å²) in [5.74, 6) is 1.75. The summed E-state index contributed by atoms with van der Waals surface area (Å²) in [6, 6.07) is 2.09. The van der Waals surface area contributed by atoms with Crippen LogP contribution in [0.5, 0.6) is 11.5 Å². The average molecular weight is 300 g/mol. The number of fused-ring (bicyclic) bond motifs is 1. The molecule has 3 nitrogen and oxygen atoms in total. The quantitative estimate of drug-likeness (QED) is 0.870. The number of ether oxygens (including phenoxy) is 2. The highest BCUT2D eigenvalue weighted by atomic mass is 79.9. The van der Waals surface area contributed by atoms with Crippen LogP contribution in [0.2, 0.25) is 0 Å². The van der Waals surface area contributed by atoms with Crippen LogP contribution in [0.1, 0.15) is 24.0 Å². The molecular formula is C13H18BrNO2. The fraction of sp³-hybridized carbons (Fsp3) is 0.538. The minimum Gasteiger partial charge on any atom is -0.486 e. The monoisotopic (exact) mass is 299 g/mol. The SMILES string of the molecule is Cc1c(Br)c(CCCCN)cc2c1OCCO2. The van der Waals surface area contributed by atoms with E-state index in [1.165, 1.54) is 5.56 Å². The summed E-state index contributed by atoms with van der Waals surface area (Å²) < 4.78 is 12.4. The van der Waals surface area contributed by atoms with Gasteiger partial charge in [-0.05, 0) is 44.4 Å². The molecule has 94 valence electrons. The number of aryl methyl sites for hydroxylation is 1. The predicted octanol–water partition coefficient (Wildman–Crippen LogP) is 2.81. The van der Waals surface area contributed by atoms with Crippen LogP contribution < -0.4 is 15.2 Å². The number of hydrogen-bond donors (Lipinski definition) is 1. The van der Waals surface area contributed by atoms with Crippen molar-refractivity contribution in [1.29, 1.82) is 0 Å². The van der Waals surface area contributed by atoms with Gasteiger partial charge < -0.3 is 15.2 Å². The smallest absolute Gasteiger partial charge is 0.165 e. The molecule has 0 unspecified atom stereocenters. The van der Waals surface area contributed by atoms with Gasteiger partial charge in [0, 0.05) is 10.0 Å². The number of benzene rings is 1. The van der Waals surface area contributed by atoms with Gasteiger partial charge in [0.1, 0.15) is 13.2 Å². The van der Waals surface area contributed by atoms with Crippen molar-refractivity contribution < 1.29 is 9.47 Å². The van der Waals surface area contributed by atoms with Crippen LogP contribution in [0.25, 0.3) is 0 Å². The fourth-order valence-electron chi connectivity index (χ4n) is 2.04. The van der Waals surface area contributed by atoms with Gasteiger partial charge in [0.2, 0.25) is 0 Å². The summed E-state index contributed by atoms with van der Waals surface area (Å²) in [6.45, 7) is 4.08. The van der Waals surface area contributed by atoms with Gasteiger partial charge in [-0.25, -0.2) is 0 Å². The summed E-state index contributed by atoms with van der Waals surface area (Å²) in [5.41, 5.74) is 7.92. The summed E-state index contributed by atoms with van der Waals surface area (Å²) in [7, 11) is 0. The first-order valence-corrected chi connectivity index (χ1v) is 6.81. The predicted molar refractivity (Wildman–Crippen MR) is 71.9 cm³/mol. The van der Waals surface area contributed by atoms with Crippen LogP contribution in [-0.4, -0.2) is 19.8 Å². The number of unbranched alkanes of at least 4 members (excludes halogenated alkanes) is 1. The lowest BCUT2D eigenvalue weighted by Crippen LogP contribution is -2.16. The average Bonchev–Trinajstić information content (AvgIpc) is 2.35. The van der Waals surface area contributed by atoms with Crippen LogP contribution in [0, 0.1) is 6.92 Å². The second-order valence-electron chi connectivity index (χ2n) is 4.24. The highest BCUT2D eigenvalue weighted by molar-refractivity contribution is 9.10. The van der Waals surface area contributed by atoms with E-state index in [9.17, 15) is 0 Å². The van der Waals surface area contributed by atoms with E-state index in [-0.39, 0.29) is 0 Å². The van der Waals surface area contributed by atoms with E-state index in [1.807, 2.05) is 0 Å². The lowest BCUT2D eigenvalue weighted by molar-refractivity contribution is 0.170. The summed E-state index contributed by atoms with van der Waals surface area (Å²) in [5, 5.41) is 0. The lowest BCUT2D eigenvalue weighted by Gasteiger charge is -2.22. The molecule has 1 heterocycles. The molecule has 2 rings (SSSR count). The maximum absolute atomic E-state index is 5.64. The summed E-state index contributed by atoms with van der Waals surface area (Å²) >= 11 is 3.64. The van der Waals surface area contributed by atoms with Crippen molar-refractivity contribution in [3.63, 3.8) is 0 Å².